The van der Waals surface area contributed by atoms with Crippen LogP contribution in [0.2, 0.25) is 0 Å². The lowest BCUT2D eigenvalue weighted by molar-refractivity contribution is 0.660. The summed E-state index contributed by atoms with van der Waals surface area (Å²) in [5.74, 6) is 0. The Morgan fingerprint density at radius 2 is 1.20 bits per heavy atom. The van der Waals surface area contributed by atoms with Gasteiger partial charge >= 0.3 is 0 Å². The third kappa shape index (κ3) is 3.89. The molecule has 0 spiro atoms. The van der Waals surface area contributed by atoms with Gasteiger partial charge in [-0.05, 0) is 87.1 Å². The molecule has 214 valence electrons. The summed E-state index contributed by atoms with van der Waals surface area (Å²) in [5, 5.41) is 4.70. The number of furan rings is 1. The predicted molar refractivity (Wildman–Crippen MR) is 189 cm³/mol. The molecule has 0 amide bonds. The number of fused-ring (bicyclic) bond motifs is 7. The molecule has 0 bridgehead atoms. The first-order chi connectivity index (χ1) is 22.1. The Bertz CT molecular complexity index is 2410. The number of rotatable bonds is 4. The highest BCUT2D eigenvalue weighted by Crippen LogP contribution is 2.52. The van der Waals surface area contributed by atoms with Gasteiger partial charge in [-0.25, -0.2) is 0 Å². The summed E-state index contributed by atoms with van der Waals surface area (Å²) >= 11 is 0. The van der Waals surface area contributed by atoms with Gasteiger partial charge in [0.2, 0.25) is 0 Å². The lowest BCUT2D eigenvalue weighted by Gasteiger charge is -2.30. The van der Waals surface area contributed by atoms with Crippen molar-refractivity contribution in [2.45, 2.75) is 19.3 Å². The number of hydrogen-bond donors (Lipinski definition) is 0. The van der Waals surface area contributed by atoms with E-state index in [2.05, 4.69) is 158 Å². The van der Waals surface area contributed by atoms with Crippen LogP contribution in [-0.2, 0) is 5.41 Å². The first-order valence-corrected chi connectivity index (χ1v) is 15.6. The maximum atomic E-state index is 6.23. The summed E-state index contributed by atoms with van der Waals surface area (Å²) in [7, 11) is 0. The van der Waals surface area contributed by atoms with Crippen LogP contribution < -0.4 is 4.90 Å². The van der Waals surface area contributed by atoms with Gasteiger partial charge in [-0.15, -0.1) is 0 Å². The Kier molecular flexibility index (Phi) is 5.58. The molecule has 1 aromatic heterocycles. The van der Waals surface area contributed by atoms with Gasteiger partial charge in [0.05, 0.1) is 5.69 Å². The molecule has 2 heteroatoms. The molecule has 1 aliphatic rings. The van der Waals surface area contributed by atoms with Crippen LogP contribution in [0.25, 0.3) is 55.0 Å². The maximum Gasteiger partial charge on any atom is 0.135 e. The Balaban J connectivity index is 1.32. The van der Waals surface area contributed by atoms with Crippen LogP contribution >= 0.6 is 0 Å². The second-order valence-electron chi connectivity index (χ2n) is 12.6. The lowest BCUT2D eigenvalue weighted by Crippen LogP contribution is -2.17. The van der Waals surface area contributed by atoms with Gasteiger partial charge in [0.15, 0.2) is 0 Å². The van der Waals surface area contributed by atoms with E-state index >= 15 is 0 Å². The molecule has 1 aliphatic carbocycles. The highest BCUT2D eigenvalue weighted by molar-refractivity contribution is 6.10. The van der Waals surface area contributed by atoms with Gasteiger partial charge in [0.1, 0.15) is 11.2 Å². The summed E-state index contributed by atoms with van der Waals surface area (Å²) in [5.41, 5.74) is 12.9. The molecular weight excluding hydrogens is 546 g/mol. The SMILES string of the molecule is CC1(C)c2ccccc2-c2ccc(N(c3ccccc3)c3ccc4ccccc4c3-c3ccc4oc5ccccc5c4c3)cc21. The van der Waals surface area contributed by atoms with E-state index in [1.54, 1.807) is 0 Å². The van der Waals surface area contributed by atoms with Crippen molar-refractivity contribution in [1.82, 2.24) is 0 Å². The average molecular weight is 578 g/mol. The summed E-state index contributed by atoms with van der Waals surface area (Å²) in [4.78, 5) is 2.43. The molecule has 1 heterocycles. The quantitative estimate of drug-likeness (QED) is 0.207. The van der Waals surface area contributed by atoms with E-state index in [1.807, 2.05) is 12.1 Å². The fraction of sp³-hybridized carbons (Fsp3) is 0.0698. The lowest BCUT2D eigenvalue weighted by atomic mass is 9.82. The van der Waals surface area contributed by atoms with Gasteiger partial charge in [0.25, 0.3) is 0 Å². The Labute approximate surface area is 262 Å². The third-order valence-corrected chi connectivity index (χ3v) is 9.65. The van der Waals surface area contributed by atoms with Gasteiger partial charge in [0, 0.05) is 33.1 Å². The van der Waals surface area contributed by atoms with E-state index in [1.165, 1.54) is 38.6 Å². The van der Waals surface area contributed by atoms with Crippen LogP contribution in [0.3, 0.4) is 0 Å². The zero-order valence-electron chi connectivity index (χ0n) is 25.3. The van der Waals surface area contributed by atoms with E-state index in [0.29, 0.717) is 0 Å². The van der Waals surface area contributed by atoms with E-state index < -0.39 is 0 Å². The Morgan fingerprint density at radius 1 is 0.489 bits per heavy atom. The molecule has 0 saturated heterocycles. The van der Waals surface area contributed by atoms with E-state index in [0.717, 1.165) is 44.6 Å². The molecular formula is C43H31NO. The van der Waals surface area contributed by atoms with Crippen molar-refractivity contribution in [3.8, 4) is 22.3 Å². The van der Waals surface area contributed by atoms with Crippen molar-refractivity contribution in [2.75, 3.05) is 4.90 Å². The zero-order valence-corrected chi connectivity index (χ0v) is 25.3. The molecule has 45 heavy (non-hydrogen) atoms. The van der Waals surface area contributed by atoms with Crippen LogP contribution in [0.5, 0.6) is 0 Å². The highest BCUT2D eigenvalue weighted by atomic mass is 16.3. The van der Waals surface area contributed by atoms with Crippen molar-refractivity contribution < 1.29 is 4.42 Å². The molecule has 0 radical (unpaired) electrons. The topological polar surface area (TPSA) is 16.4 Å². The van der Waals surface area contributed by atoms with Gasteiger partial charge in [-0.1, -0.05) is 117 Å². The molecule has 0 saturated carbocycles. The molecule has 0 atom stereocenters. The van der Waals surface area contributed by atoms with Crippen molar-refractivity contribution in [1.29, 1.82) is 0 Å². The standard InChI is InChI=1S/C43H31NO/c1-43(2)37-18-10-8-16-33(37)34-23-22-31(27-38(34)43)44(30-13-4-3-5-14-30)39-24-20-28-12-6-7-15-32(28)42(39)29-21-25-41-36(26-29)35-17-9-11-19-40(35)45-41/h3-27H,1-2H3. The second kappa shape index (κ2) is 9.70. The average Bonchev–Trinajstić information content (AvgIpc) is 3.57. The Hall–Kier alpha value is -5.60. The summed E-state index contributed by atoms with van der Waals surface area (Å²) in [6.07, 6.45) is 0. The van der Waals surface area contributed by atoms with Crippen molar-refractivity contribution in [3.63, 3.8) is 0 Å². The minimum absolute atomic E-state index is 0.0934. The summed E-state index contributed by atoms with van der Waals surface area (Å²) in [6, 6.07) is 54.8. The zero-order chi connectivity index (χ0) is 30.1. The number of anilines is 3. The van der Waals surface area contributed by atoms with Crippen molar-refractivity contribution >= 4 is 49.8 Å². The predicted octanol–water partition coefficient (Wildman–Crippen LogP) is 12.2. The summed E-state index contributed by atoms with van der Waals surface area (Å²) < 4.78 is 6.23. The summed E-state index contributed by atoms with van der Waals surface area (Å²) in [6.45, 7) is 4.69. The number of benzene rings is 7. The molecule has 9 rings (SSSR count). The van der Waals surface area contributed by atoms with E-state index in [9.17, 15) is 0 Å². The van der Waals surface area contributed by atoms with Crippen molar-refractivity contribution in [2.24, 2.45) is 0 Å². The molecule has 8 aromatic rings. The van der Waals surface area contributed by atoms with E-state index in [4.69, 9.17) is 4.42 Å². The maximum absolute atomic E-state index is 6.23. The number of nitrogens with zero attached hydrogens (tertiary/aromatic N) is 1. The van der Waals surface area contributed by atoms with Crippen LogP contribution in [0.15, 0.2) is 156 Å². The fourth-order valence-electron chi connectivity index (χ4n) is 7.47. The number of para-hydroxylation sites is 2. The molecule has 0 aliphatic heterocycles. The molecule has 2 nitrogen and oxygen atoms in total. The van der Waals surface area contributed by atoms with Crippen LogP contribution in [0.4, 0.5) is 17.1 Å². The minimum atomic E-state index is -0.0934. The normalized spacial score (nSPS) is 13.3. The van der Waals surface area contributed by atoms with Crippen LogP contribution in [0.1, 0.15) is 25.0 Å². The molecule has 0 N–H and O–H groups in total. The second-order valence-corrected chi connectivity index (χ2v) is 12.6. The van der Waals surface area contributed by atoms with Crippen LogP contribution in [0, 0.1) is 0 Å². The first-order valence-electron chi connectivity index (χ1n) is 15.6. The minimum Gasteiger partial charge on any atom is -0.456 e. The van der Waals surface area contributed by atoms with Gasteiger partial charge in [-0.2, -0.15) is 0 Å². The number of hydrogen-bond acceptors (Lipinski definition) is 2. The largest absolute Gasteiger partial charge is 0.456 e. The highest BCUT2D eigenvalue weighted by Gasteiger charge is 2.36. The molecule has 0 fully saturated rings. The smallest absolute Gasteiger partial charge is 0.135 e. The van der Waals surface area contributed by atoms with Gasteiger partial charge < -0.3 is 9.32 Å². The molecule has 7 aromatic carbocycles. The first kappa shape index (κ1) is 25.9. The van der Waals surface area contributed by atoms with Crippen LogP contribution in [-0.4, -0.2) is 0 Å². The molecule has 0 unspecified atom stereocenters. The van der Waals surface area contributed by atoms with Crippen molar-refractivity contribution in [3.05, 3.63) is 163 Å². The monoisotopic (exact) mass is 577 g/mol. The fourth-order valence-corrected chi connectivity index (χ4v) is 7.47. The van der Waals surface area contributed by atoms with E-state index in [-0.39, 0.29) is 5.41 Å². The Morgan fingerprint density at radius 3 is 2.09 bits per heavy atom. The third-order valence-electron chi connectivity index (χ3n) is 9.65. The van der Waals surface area contributed by atoms with Gasteiger partial charge in [-0.3, -0.25) is 0 Å².